The Morgan fingerprint density at radius 1 is 0.795 bits per heavy atom. The zero-order chi connectivity index (χ0) is 27.2. The Labute approximate surface area is 226 Å². The van der Waals surface area contributed by atoms with E-state index in [4.69, 9.17) is 14.7 Å². The van der Waals surface area contributed by atoms with Crippen LogP contribution in [0.2, 0.25) is 0 Å². The Hall–Kier alpha value is -4.50. The number of carbonyl (C=O) groups excluding carboxylic acids is 1. The summed E-state index contributed by atoms with van der Waals surface area (Å²) in [6.45, 7) is 0. The van der Waals surface area contributed by atoms with Crippen LogP contribution in [0.25, 0.3) is 11.1 Å². The van der Waals surface area contributed by atoms with Gasteiger partial charge in [0.15, 0.2) is 0 Å². The normalized spacial score (nSPS) is 14.3. The van der Waals surface area contributed by atoms with Crippen molar-refractivity contribution in [3.8, 4) is 28.7 Å². The average molecular weight is 524 g/mol. The minimum absolute atomic E-state index is 0.0145. The van der Waals surface area contributed by atoms with Gasteiger partial charge in [-0.3, -0.25) is 0 Å². The molecule has 0 amide bonds. The van der Waals surface area contributed by atoms with Crippen LogP contribution < -0.4 is 9.47 Å². The maximum Gasteiger partial charge on any atom is 0.343 e. The van der Waals surface area contributed by atoms with E-state index < -0.39 is 23.2 Å². The number of hydrogen-bond donors (Lipinski definition) is 0. The molecule has 6 heteroatoms. The highest BCUT2D eigenvalue weighted by Gasteiger charge is 2.27. The summed E-state index contributed by atoms with van der Waals surface area (Å²) in [6, 6.07) is 28.1. The molecule has 4 aromatic carbocycles. The molecule has 0 aliphatic heterocycles. The molecule has 1 fully saturated rings. The number of rotatable bonds is 7. The van der Waals surface area contributed by atoms with Gasteiger partial charge in [-0.2, -0.15) is 5.26 Å². The average Bonchev–Trinajstić information content (AvgIpc) is 2.97. The van der Waals surface area contributed by atoms with Crippen molar-refractivity contribution in [1.82, 2.24) is 0 Å². The first-order chi connectivity index (χ1) is 19.0. The molecule has 5 rings (SSSR count). The van der Waals surface area contributed by atoms with Crippen LogP contribution in [0.3, 0.4) is 0 Å². The lowest BCUT2D eigenvalue weighted by Crippen LogP contribution is -2.21. The van der Waals surface area contributed by atoms with Gasteiger partial charge < -0.3 is 9.47 Å². The summed E-state index contributed by atoms with van der Waals surface area (Å²) in [7, 11) is 0. The van der Waals surface area contributed by atoms with E-state index in [2.05, 4.69) is 24.3 Å². The molecule has 39 heavy (non-hydrogen) atoms. The fourth-order valence-corrected chi connectivity index (χ4v) is 5.07. The van der Waals surface area contributed by atoms with Gasteiger partial charge in [-0.25, -0.2) is 13.6 Å². The van der Waals surface area contributed by atoms with Gasteiger partial charge in [-0.15, -0.1) is 0 Å². The molecule has 0 N–H and O–H groups in total. The first kappa shape index (κ1) is 26.1. The molecule has 4 aromatic rings. The summed E-state index contributed by atoms with van der Waals surface area (Å²) in [4.78, 5) is 12.5. The number of nitrogens with zero attached hydrogens (tertiary/aromatic N) is 1. The number of nitriles is 1. The van der Waals surface area contributed by atoms with Gasteiger partial charge in [0.25, 0.3) is 0 Å². The van der Waals surface area contributed by atoms with Crippen LogP contribution in [0.15, 0.2) is 91.0 Å². The molecule has 0 aromatic heterocycles. The summed E-state index contributed by atoms with van der Waals surface area (Å²) >= 11 is 0. The highest BCUT2D eigenvalue weighted by molar-refractivity contribution is 5.91. The zero-order valence-electron chi connectivity index (χ0n) is 21.3. The van der Waals surface area contributed by atoms with Gasteiger partial charge in [-0.1, -0.05) is 73.9 Å². The van der Waals surface area contributed by atoms with Crippen LogP contribution in [0.4, 0.5) is 8.78 Å². The molecule has 0 spiro atoms. The number of ether oxygens (including phenoxy) is 2. The molecule has 1 aliphatic carbocycles. The molecule has 1 unspecified atom stereocenters. The molecule has 0 bridgehead atoms. The second-order valence-corrected chi connectivity index (χ2v) is 9.71. The second-order valence-electron chi connectivity index (χ2n) is 9.71. The Morgan fingerprint density at radius 3 is 1.97 bits per heavy atom. The summed E-state index contributed by atoms with van der Waals surface area (Å²) in [6.07, 6.45) is 6.11. The fraction of sp³-hybridized carbons (Fsp3) is 0.212. The van der Waals surface area contributed by atoms with E-state index in [-0.39, 0.29) is 17.4 Å². The quantitative estimate of drug-likeness (QED) is 0.180. The third-order valence-electron chi connectivity index (χ3n) is 7.12. The Bertz CT molecular complexity index is 1450. The number of esters is 1. The van der Waals surface area contributed by atoms with Gasteiger partial charge in [-0.05, 0) is 53.8 Å². The van der Waals surface area contributed by atoms with Gasteiger partial charge in [0.05, 0.1) is 5.56 Å². The number of benzene rings is 4. The van der Waals surface area contributed by atoms with E-state index in [1.165, 1.54) is 43.7 Å². The summed E-state index contributed by atoms with van der Waals surface area (Å²) < 4.78 is 39.3. The first-order valence-corrected chi connectivity index (χ1v) is 13.1. The summed E-state index contributed by atoms with van der Waals surface area (Å²) in [5.41, 5.74) is 2.54. The molecule has 0 heterocycles. The van der Waals surface area contributed by atoms with E-state index in [0.717, 1.165) is 29.0 Å². The second kappa shape index (κ2) is 11.9. The van der Waals surface area contributed by atoms with Crippen LogP contribution in [0, 0.1) is 28.9 Å². The molecular weight excluding hydrogens is 496 g/mol. The summed E-state index contributed by atoms with van der Waals surface area (Å²) in [5, 5.41) is 8.78. The SMILES string of the molecule is N#Cc1c(F)cc(OC(=O)c2ccc(-c3ccc(OC(c4ccccc4)C4CCCCC4)cc3)cc2)cc1F. The van der Waals surface area contributed by atoms with Gasteiger partial charge >= 0.3 is 5.97 Å². The van der Waals surface area contributed by atoms with Crippen LogP contribution in [0.1, 0.15) is 59.7 Å². The predicted octanol–water partition coefficient (Wildman–Crippen LogP) is 8.42. The highest BCUT2D eigenvalue weighted by atomic mass is 19.1. The van der Waals surface area contributed by atoms with Crippen LogP contribution in [0.5, 0.6) is 11.5 Å². The molecule has 1 aliphatic rings. The van der Waals surface area contributed by atoms with E-state index in [1.54, 1.807) is 24.3 Å². The van der Waals surface area contributed by atoms with Gasteiger partial charge in [0.2, 0.25) is 0 Å². The van der Waals surface area contributed by atoms with E-state index in [0.29, 0.717) is 5.92 Å². The van der Waals surface area contributed by atoms with E-state index in [1.807, 2.05) is 30.3 Å². The van der Waals surface area contributed by atoms with Crippen LogP contribution in [-0.2, 0) is 0 Å². The van der Waals surface area contributed by atoms with E-state index in [9.17, 15) is 13.6 Å². The standard InChI is InChI=1S/C33H27F2NO3/c34-30-19-28(20-31(35)29(30)21-36)39-33(37)26-13-11-22(12-14-26)23-15-17-27(18-16-23)38-32(24-7-3-1-4-8-24)25-9-5-2-6-10-25/h1,3-4,7-8,11-20,25,32H,2,5-6,9-10H2. The van der Waals surface area contributed by atoms with Crippen molar-refractivity contribution in [2.45, 2.75) is 38.2 Å². The highest BCUT2D eigenvalue weighted by Crippen LogP contribution is 2.38. The number of hydrogen-bond acceptors (Lipinski definition) is 4. The van der Waals surface area contributed by atoms with Crippen molar-refractivity contribution >= 4 is 5.97 Å². The lowest BCUT2D eigenvalue weighted by molar-refractivity contribution is 0.0734. The third-order valence-corrected chi connectivity index (χ3v) is 7.12. The fourth-order valence-electron chi connectivity index (χ4n) is 5.07. The lowest BCUT2D eigenvalue weighted by atomic mass is 9.82. The Balaban J connectivity index is 1.27. The van der Waals surface area contributed by atoms with Crippen LogP contribution in [-0.4, -0.2) is 5.97 Å². The first-order valence-electron chi connectivity index (χ1n) is 13.1. The molecule has 1 atom stereocenters. The molecule has 0 radical (unpaired) electrons. The van der Waals surface area contributed by atoms with Crippen molar-refractivity contribution in [3.05, 3.63) is 119 Å². The topological polar surface area (TPSA) is 59.3 Å². The molecule has 1 saturated carbocycles. The van der Waals surface area contributed by atoms with E-state index >= 15 is 0 Å². The largest absolute Gasteiger partial charge is 0.485 e. The van der Waals surface area contributed by atoms with Crippen molar-refractivity contribution in [3.63, 3.8) is 0 Å². The Kier molecular flexibility index (Phi) is 7.98. The monoisotopic (exact) mass is 523 g/mol. The van der Waals surface area contributed by atoms with Gasteiger partial charge in [0.1, 0.15) is 40.9 Å². The smallest absolute Gasteiger partial charge is 0.343 e. The van der Waals surface area contributed by atoms with Crippen molar-refractivity contribution in [1.29, 1.82) is 5.26 Å². The Morgan fingerprint density at radius 2 is 1.38 bits per heavy atom. The molecule has 4 nitrogen and oxygen atoms in total. The predicted molar refractivity (Wildman–Crippen MR) is 144 cm³/mol. The molecular formula is C33H27F2NO3. The lowest BCUT2D eigenvalue weighted by Gasteiger charge is -2.31. The molecule has 196 valence electrons. The minimum atomic E-state index is -1.09. The van der Waals surface area contributed by atoms with Gasteiger partial charge in [0, 0.05) is 18.1 Å². The third kappa shape index (κ3) is 6.15. The zero-order valence-corrected chi connectivity index (χ0v) is 21.3. The van der Waals surface area contributed by atoms with Crippen LogP contribution >= 0.6 is 0 Å². The van der Waals surface area contributed by atoms with Crippen molar-refractivity contribution < 1.29 is 23.0 Å². The maximum atomic E-state index is 13.8. The number of carbonyl (C=O) groups is 1. The van der Waals surface area contributed by atoms with Crippen molar-refractivity contribution in [2.24, 2.45) is 5.92 Å². The summed E-state index contributed by atoms with van der Waals surface area (Å²) in [5.74, 6) is -1.95. The molecule has 0 saturated heterocycles. The number of halogens is 2. The maximum absolute atomic E-state index is 13.8. The minimum Gasteiger partial charge on any atom is -0.485 e. The van der Waals surface area contributed by atoms with Crippen molar-refractivity contribution in [2.75, 3.05) is 0 Å².